The van der Waals surface area contributed by atoms with Crippen LogP contribution in [0, 0.1) is 6.92 Å². The Morgan fingerprint density at radius 3 is 2.29 bits per heavy atom. The number of aromatic nitrogens is 4. The van der Waals surface area contributed by atoms with Gasteiger partial charge in [0.2, 0.25) is 17.7 Å². The summed E-state index contributed by atoms with van der Waals surface area (Å²) < 4.78 is 11.4. The molecular weight excluding hydrogens is 276 g/mol. The molecule has 1 amide bonds. The maximum absolute atomic E-state index is 12.3. The van der Waals surface area contributed by atoms with Crippen LogP contribution in [0.3, 0.4) is 0 Å². The van der Waals surface area contributed by atoms with E-state index in [9.17, 15) is 4.79 Å². The fourth-order valence-electron chi connectivity index (χ4n) is 1.77. The highest BCUT2D eigenvalue weighted by Crippen LogP contribution is 2.20. The Morgan fingerprint density at radius 1 is 1.29 bits per heavy atom. The summed E-state index contributed by atoms with van der Waals surface area (Å²) in [6.07, 6.45) is 0. The lowest BCUT2D eigenvalue weighted by Crippen LogP contribution is -2.19. The minimum atomic E-state index is -0.467. The van der Waals surface area contributed by atoms with Gasteiger partial charge in [-0.1, -0.05) is 0 Å². The Balaban J connectivity index is 2.31. The number of hydrogen-bond donors (Lipinski definition) is 2. The van der Waals surface area contributed by atoms with E-state index >= 15 is 0 Å². The molecule has 0 bridgehead atoms. The van der Waals surface area contributed by atoms with Gasteiger partial charge in [0.25, 0.3) is 5.91 Å². The minimum Gasteiger partial charge on any atom is -0.481 e. The third kappa shape index (κ3) is 2.86. The molecule has 0 aromatic carbocycles. The second-order valence-electron chi connectivity index (χ2n) is 4.20. The molecule has 9 heteroatoms. The zero-order valence-electron chi connectivity index (χ0n) is 12.2. The Labute approximate surface area is 121 Å². The van der Waals surface area contributed by atoms with Gasteiger partial charge in [0.1, 0.15) is 5.69 Å². The van der Waals surface area contributed by atoms with Gasteiger partial charge in [-0.05, 0) is 6.92 Å². The van der Waals surface area contributed by atoms with E-state index in [0.29, 0.717) is 11.4 Å². The van der Waals surface area contributed by atoms with E-state index in [4.69, 9.17) is 15.2 Å². The van der Waals surface area contributed by atoms with Gasteiger partial charge in [-0.3, -0.25) is 14.8 Å². The highest BCUT2D eigenvalue weighted by atomic mass is 16.5. The van der Waals surface area contributed by atoms with E-state index in [-0.39, 0.29) is 23.4 Å². The molecule has 2 heterocycles. The van der Waals surface area contributed by atoms with Crippen molar-refractivity contribution in [2.24, 2.45) is 7.05 Å². The molecule has 3 N–H and O–H groups in total. The second-order valence-corrected chi connectivity index (χ2v) is 4.20. The topological polar surface area (TPSA) is 117 Å². The lowest BCUT2D eigenvalue weighted by molar-refractivity contribution is 0.101. The molecule has 2 rings (SSSR count). The van der Waals surface area contributed by atoms with E-state index in [1.165, 1.54) is 25.0 Å². The number of ether oxygens (including phenoxy) is 2. The van der Waals surface area contributed by atoms with E-state index in [1.807, 2.05) is 0 Å². The standard InChI is InChI=1S/C12H16N6O3/c1-6-9(13)10(18(2)17-6)11(19)16-12-14-7(20-3)5-8(15-12)21-4/h5H,13H2,1-4H3,(H,14,15,16,19). The Hall–Kier alpha value is -2.84. The van der Waals surface area contributed by atoms with Gasteiger partial charge in [0, 0.05) is 7.05 Å². The lowest BCUT2D eigenvalue weighted by atomic mass is 10.3. The molecule has 112 valence electrons. The number of carbonyl (C=O) groups excluding carboxylic acids is 1. The maximum atomic E-state index is 12.3. The van der Waals surface area contributed by atoms with Crippen molar-refractivity contribution >= 4 is 17.5 Å². The number of carbonyl (C=O) groups is 1. The highest BCUT2D eigenvalue weighted by molar-refractivity contribution is 6.06. The number of nitrogens with zero attached hydrogens (tertiary/aromatic N) is 4. The molecule has 21 heavy (non-hydrogen) atoms. The summed E-state index contributed by atoms with van der Waals surface area (Å²) in [5.41, 5.74) is 6.96. The molecule has 0 aliphatic rings. The second kappa shape index (κ2) is 5.65. The lowest BCUT2D eigenvalue weighted by Gasteiger charge is -2.08. The number of hydrogen-bond acceptors (Lipinski definition) is 7. The van der Waals surface area contributed by atoms with E-state index in [1.54, 1.807) is 14.0 Å². The maximum Gasteiger partial charge on any atom is 0.278 e. The Bertz CT molecular complexity index is 660. The van der Waals surface area contributed by atoms with E-state index in [0.717, 1.165) is 0 Å². The average Bonchev–Trinajstić information content (AvgIpc) is 2.71. The molecule has 0 aliphatic heterocycles. The van der Waals surface area contributed by atoms with Gasteiger partial charge in [0.15, 0.2) is 0 Å². The predicted octanol–water partition coefficient (Wildman–Crippen LogP) is 0.370. The van der Waals surface area contributed by atoms with Crippen molar-refractivity contribution in [1.82, 2.24) is 19.7 Å². The molecule has 2 aromatic heterocycles. The summed E-state index contributed by atoms with van der Waals surface area (Å²) in [5, 5.41) is 6.62. The highest BCUT2D eigenvalue weighted by Gasteiger charge is 2.19. The van der Waals surface area contributed by atoms with Gasteiger partial charge < -0.3 is 15.2 Å². The van der Waals surface area contributed by atoms with Gasteiger partial charge in [0.05, 0.1) is 31.7 Å². The fraction of sp³-hybridized carbons (Fsp3) is 0.333. The Kier molecular flexibility index (Phi) is 3.92. The van der Waals surface area contributed by atoms with E-state index in [2.05, 4.69) is 20.4 Å². The molecule has 9 nitrogen and oxygen atoms in total. The summed E-state index contributed by atoms with van der Waals surface area (Å²) in [5.74, 6) is 0.123. The van der Waals surface area contributed by atoms with Crippen molar-refractivity contribution in [2.75, 3.05) is 25.3 Å². The van der Waals surface area contributed by atoms with Crippen LogP contribution in [0.4, 0.5) is 11.6 Å². The van der Waals surface area contributed by atoms with Crippen molar-refractivity contribution in [3.63, 3.8) is 0 Å². The summed E-state index contributed by atoms with van der Waals surface area (Å²) in [6.45, 7) is 1.72. The molecule has 0 aliphatic carbocycles. The van der Waals surface area contributed by atoms with Gasteiger partial charge in [-0.2, -0.15) is 15.1 Å². The van der Waals surface area contributed by atoms with Gasteiger partial charge in [-0.15, -0.1) is 0 Å². The summed E-state index contributed by atoms with van der Waals surface area (Å²) in [7, 11) is 4.54. The molecule has 0 saturated heterocycles. The summed E-state index contributed by atoms with van der Waals surface area (Å²) >= 11 is 0. The first kappa shape index (κ1) is 14.6. The average molecular weight is 292 g/mol. The first-order chi connectivity index (χ1) is 9.96. The number of amides is 1. The van der Waals surface area contributed by atoms with Crippen molar-refractivity contribution in [3.8, 4) is 11.8 Å². The molecule has 0 radical (unpaired) electrons. The number of anilines is 2. The fourth-order valence-corrected chi connectivity index (χ4v) is 1.77. The number of aryl methyl sites for hydroxylation is 2. The molecule has 0 atom stereocenters. The first-order valence-corrected chi connectivity index (χ1v) is 6.03. The van der Waals surface area contributed by atoms with Crippen LogP contribution < -0.4 is 20.5 Å². The number of nitrogen functional groups attached to an aromatic ring is 1. The normalized spacial score (nSPS) is 10.3. The third-order valence-corrected chi connectivity index (χ3v) is 2.81. The van der Waals surface area contributed by atoms with Crippen molar-refractivity contribution < 1.29 is 14.3 Å². The monoisotopic (exact) mass is 292 g/mol. The Morgan fingerprint density at radius 2 is 1.86 bits per heavy atom. The largest absolute Gasteiger partial charge is 0.481 e. The molecular formula is C12H16N6O3. The van der Waals surface area contributed by atoms with Crippen LogP contribution >= 0.6 is 0 Å². The van der Waals surface area contributed by atoms with Crippen LogP contribution in [0.15, 0.2) is 6.07 Å². The molecule has 2 aromatic rings. The van der Waals surface area contributed by atoms with E-state index < -0.39 is 5.91 Å². The van der Waals surface area contributed by atoms with Crippen LogP contribution in [0.1, 0.15) is 16.2 Å². The summed E-state index contributed by atoms with van der Waals surface area (Å²) in [4.78, 5) is 20.3. The van der Waals surface area contributed by atoms with Crippen LogP contribution in [0.5, 0.6) is 11.8 Å². The van der Waals surface area contributed by atoms with Crippen LogP contribution in [-0.4, -0.2) is 39.9 Å². The number of nitrogens with two attached hydrogens (primary N) is 1. The molecule has 0 spiro atoms. The van der Waals surface area contributed by atoms with Crippen LogP contribution in [0.2, 0.25) is 0 Å². The number of methoxy groups -OCH3 is 2. The smallest absolute Gasteiger partial charge is 0.278 e. The molecule has 0 fully saturated rings. The van der Waals surface area contributed by atoms with Crippen LogP contribution in [0.25, 0.3) is 0 Å². The molecule has 0 unspecified atom stereocenters. The third-order valence-electron chi connectivity index (χ3n) is 2.81. The zero-order chi connectivity index (χ0) is 15.6. The van der Waals surface area contributed by atoms with Crippen molar-refractivity contribution in [2.45, 2.75) is 6.92 Å². The van der Waals surface area contributed by atoms with Gasteiger partial charge >= 0.3 is 0 Å². The molecule has 0 saturated carbocycles. The quantitative estimate of drug-likeness (QED) is 0.835. The number of nitrogens with one attached hydrogen (secondary N) is 1. The SMILES string of the molecule is COc1cc(OC)nc(NC(=O)c2c(N)c(C)nn2C)n1. The summed E-state index contributed by atoms with van der Waals surface area (Å²) in [6, 6.07) is 1.50. The zero-order valence-corrected chi connectivity index (χ0v) is 12.2. The number of rotatable bonds is 4. The first-order valence-electron chi connectivity index (χ1n) is 6.03. The minimum absolute atomic E-state index is 0.0504. The van der Waals surface area contributed by atoms with Crippen molar-refractivity contribution in [3.05, 3.63) is 17.5 Å². The van der Waals surface area contributed by atoms with Gasteiger partial charge in [-0.25, -0.2) is 0 Å². The van der Waals surface area contributed by atoms with Crippen LogP contribution in [-0.2, 0) is 7.05 Å². The van der Waals surface area contributed by atoms with Crippen molar-refractivity contribution in [1.29, 1.82) is 0 Å². The predicted molar refractivity (Wildman–Crippen MR) is 75.4 cm³/mol.